The van der Waals surface area contributed by atoms with Crippen molar-refractivity contribution in [2.75, 3.05) is 18.7 Å². The molecule has 0 aliphatic carbocycles. The highest BCUT2D eigenvalue weighted by Gasteiger charge is 2.15. The van der Waals surface area contributed by atoms with E-state index in [0.29, 0.717) is 0 Å². The van der Waals surface area contributed by atoms with E-state index in [9.17, 15) is 0 Å². The first kappa shape index (κ1) is 16.6. The molecule has 1 aliphatic heterocycles. The molecular formula is C16H16N4O2S3. The molecule has 6 nitrogen and oxygen atoms in total. The largest absolute Gasteiger partial charge is 0.454 e. The second-order valence-electron chi connectivity index (χ2n) is 5.30. The van der Waals surface area contributed by atoms with Crippen molar-refractivity contribution in [2.45, 2.75) is 23.4 Å². The number of hydrogen-bond donors (Lipinski definition) is 1. The number of aromatic nitrogens is 3. The number of hydrogen-bond acceptors (Lipinski definition) is 9. The summed E-state index contributed by atoms with van der Waals surface area (Å²) in [5, 5.41) is 15.6. The molecule has 4 rings (SSSR count). The molecule has 25 heavy (non-hydrogen) atoms. The van der Waals surface area contributed by atoms with Crippen molar-refractivity contribution in [2.24, 2.45) is 0 Å². The first-order valence-electron chi connectivity index (χ1n) is 7.86. The van der Waals surface area contributed by atoms with Gasteiger partial charge in [0, 0.05) is 23.2 Å². The van der Waals surface area contributed by atoms with Crippen LogP contribution in [0.25, 0.3) is 10.6 Å². The van der Waals surface area contributed by atoms with Crippen LogP contribution in [-0.4, -0.2) is 28.5 Å². The molecule has 3 heterocycles. The van der Waals surface area contributed by atoms with Gasteiger partial charge in [0.05, 0.1) is 5.69 Å². The molecule has 0 bridgehead atoms. The zero-order chi connectivity index (χ0) is 17.1. The van der Waals surface area contributed by atoms with E-state index >= 15 is 0 Å². The Kier molecular flexibility index (Phi) is 5.04. The zero-order valence-corrected chi connectivity index (χ0v) is 16.0. The maximum atomic E-state index is 5.43. The predicted octanol–water partition coefficient (Wildman–Crippen LogP) is 4.50. The smallest absolute Gasteiger partial charge is 0.231 e. The number of thioether (sulfide) groups is 1. The van der Waals surface area contributed by atoms with Crippen molar-refractivity contribution >= 4 is 39.6 Å². The molecule has 130 valence electrons. The number of nitrogens with one attached hydrogen (secondary N) is 1. The van der Waals surface area contributed by atoms with Gasteiger partial charge in [-0.05, 0) is 24.6 Å². The number of thiazole rings is 1. The Hall–Kier alpha value is -1.84. The third kappa shape index (κ3) is 3.88. The van der Waals surface area contributed by atoms with E-state index in [-0.39, 0.29) is 6.79 Å². The van der Waals surface area contributed by atoms with Crippen molar-refractivity contribution in [3.63, 3.8) is 0 Å². The average Bonchev–Trinajstić information content (AvgIpc) is 3.37. The van der Waals surface area contributed by atoms with Crippen LogP contribution in [0.2, 0.25) is 0 Å². The first-order valence-corrected chi connectivity index (χ1v) is 10.5. The van der Waals surface area contributed by atoms with Crippen LogP contribution in [0.1, 0.15) is 19.0 Å². The molecule has 2 aromatic heterocycles. The van der Waals surface area contributed by atoms with Crippen LogP contribution in [0.4, 0.5) is 5.13 Å². The molecule has 1 aromatic carbocycles. The lowest BCUT2D eigenvalue weighted by Gasteiger charge is -1.99. The fraction of sp³-hybridized carbons (Fsp3) is 0.312. The third-order valence-corrected chi connectivity index (χ3v) is 6.44. The van der Waals surface area contributed by atoms with Gasteiger partial charge in [-0.15, -0.1) is 21.5 Å². The van der Waals surface area contributed by atoms with Crippen LogP contribution in [0.3, 0.4) is 0 Å². The Labute approximate surface area is 157 Å². The summed E-state index contributed by atoms with van der Waals surface area (Å²) in [6.07, 6.45) is 1.07. The second-order valence-corrected chi connectivity index (χ2v) is 8.36. The van der Waals surface area contributed by atoms with Crippen molar-refractivity contribution in [3.8, 4) is 22.1 Å². The van der Waals surface area contributed by atoms with Gasteiger partial charge in [-0.2, -0.15) is 0 Å². The highest BCUT2D eigenvalue weighted by molar-refractivity contribution is 8.00. The molecule has 0 radical (unpaired) electrons. The van der Waals surface area contributed by atoms with Gasteiger partial charge >= 0.3 is 0 Å². The van der Waals surface area contributed by atoms with E-state index in [4.69, 9.17) is 14.5 Å². The topological polar surface area (TPSA) is 69.2 Å². The third-order valence-electron chi connectivity index (χ3n) is 3.45. The van der Waals surface area contributed by atoms with Gasteiger partial charge in [0.25, 0.3) is 0 Å². The number of fused-ring (bicyclic) bond motifs is 1. The van der Waals surface area contributed by atoms with E-state index in [1.54, 1.807) is 34.4 Å². The number of ether oxygens (including phenoxy) is 2. The maximum Gasteiger partial charge on any atom is 0.231 e. The summed E-state index contributed by atoms with van der Waals surface area (Å²) in [5.41, 5.74) is 2.09. The molecule has 0 spiro atoms. The number of anilines is 1. The molecule has 9 heteroatoms. The van der Waals surface area contributed by atoms with Gasteiger partial charge in [0.1, 0.15) is 5.01 Å². The summed E-state index contributed by atoms with van der Waals surface area (Å²) in [4.78, 5) is 4.72. The molecule has 1 aliphatic rings. The van der Waals surface area contributed by atoms with E-state index in [1.165, 1.54) is 0 Å². The van der Waals surface area contributed by atoms with Gasteiger partial charge in [0.2, 0.25) is 11.9 Å². The summed E-state index contributed by atoms with van der Waals surface area (Å²) < 4.78 is 11.7. The predicted molar refractivity (Wildman–Crippen MR) is 102 cm³/mol. The molecular weight excluding hydrogens is 376 g/mol. The second kappa shape index (κ2) is 7.59. The number of benzene rings is 1. The Bertz CT molecular complexity index is 865. The normalized spacial score (nSPS) is 12.5. The van der Waals surface area contributed by atoms with Crippen molar-refractivity contribution in [1.29, 1.82) is 0 Å². The fourth-order valence-corrected chi connectivity index (χ4v) is 4.83. The van der Waals surface area contributed by atoms with Crippen LogP contribution >= 0.6 is 34.4 Å². The van der Waals surface area contributed by atoms with Gasteiger partial charge in [-0.3, -0.25) is 0 Å². The quantitative estimate of drug-likeness (QED) is 0.594. The van der Waals surface area contributed by atoms with Crippen LogP contribution in [0, 0.1) is 0 Å². The Balaban J connectivity index is 1.39. The van der Waals surface area contributed by atoms with Gasteiger partial charge < -0.3 is 14.8 Å². The van der Waals surface area contributed by atoms with E-state index in [2.05, 4.69) is 27.8 Å². The minimum atomic E-state index is 0.287. The molecule has 0 saturated carbocycles. The molecule has 0 atom stereocenters. The molecule has 0 amide bonds. The summed E-state index contributed by atoms with van der Waals surface area (Å²) >= 11 is 4.88. The van der Waals surface area contributed by atoms with E-state index in [0.717, 1.165) is 56.0 Å². The minimum absolute atomic E-state index is 0.287. The van der Waals surface area contributed by atoms with Crippen LogP contribution in [-0.2, 0) is 5.75 Å². The Morgan fingerprint density at radius 2 is 2.16 bits per heavy atom. The lowest BCUT2D eigenvalue weighted by atomic mass is 10.2. The van der Waals surface area contributed by atoms with Crippen molar-refractivity contribution in [1.82, 2.24) is 15.2 Å². The van der Waals surface area contributed by atoms with Crippen molar-refractivity contribution < 1.29 is 9.47 Å². The standard InChI is InChI=1S/C16H16N4O2S3/c1-2-5-17-15-19-20-16(25-15)24-8-11-7-23-14(18-11)10-3-4-12-13(6-10)22-9-21-12/h3-4,6-7H,2,5,8-9H2,1H3,(H,17,19). The fourth-order valence-electron chi connectivity index (χ4n) is 2.24. The number of nitrogens with zero attached hydrogens (tertiary/aromatic N) is 3. The lowest BCUT2D eigenvalue weighted by molar-refractivity contribution is 0.174. The molecule has 0 unspecified atom stereocenters. The van der Waals surface area contributed by atoms with Crippen molar-refractivity contribution in [3.05, 3.63) is 29.3 Å². The molecule has 0 saturated heterocycles. The SMILES string of the molecule is CCCNc1nnc(SCc2csc(-c3ccc4c(c3)OCO4)n2)s1. The van der Waals surface area contributed by atoms with Gasteiger partial charge in [0.15, 0.2) is 15.8 Å². The monoisotopic (exact) mass is 392 g/mol. The van der Waals surface area contributed by atoms with E-state index < -0.39 is 0 Å². The highest BCUT2D eigenvalue weighted by Crippen LogP contribution is 2.37. The summed E-state index contributed by atoms with van der Waals surface area (Å²) in [6, 6.07) is 5.92. The minimum Gasteiger partial charge on any atom is -0.454 e. The zero-order valence-electron chi connectivity index (χ0n) is 13.5. The Morgan fingerprint density at radius 3 is 3.08 bits per heavy atom. The molecule has 3 aromatic rings. The highest BCUT2D eigenvalue weighted by atomic mass is 32.2. The summed E-state index contributed by atoms with van der Waals surface area (Å²) in [5.74, 6) is 2.35. The summed E-state index contributed by atoms with van der Waals surface area (Å²) in [7, 11) is 0. The molecule has 0 fully saturated rings. The molecule has 1 N–H and O–H groups in total. The number of rotatable bonds is 7. The first-order chi connectivity index (χ1) is 12.3. The summed E-state index contributed by atoms with van der Waals surface area (Å²) in [6.45, 7) is 3.34. The van der Waals surface area contributed by atoms with Gasteiger partial charge in [-0.1, -0.05) is 30.0 Å². The average molecular weight is 393 g/mol. The van der Waals surface area contributed by atoms with Crippen LogP contribution in [0.15, 0.2) is 27.9 Å². The maximum absolute atomic E-state index is 5.43. The van der Waals surface area contributed by atoms with E-state index in [1.807, 2.05) is 18.2 Å². The van der Waals surface area contributed by atoms with Crippen LogP contribution < -0.4 is 14.8 Å². The van der Waals surface area contributed by atoms with Crippen LogP contribution in [0.5, 0.6) is 11.5 Å². The lowest BCUT2D eigenvalue weighted by Crippen LogP contribution is -1.98. The Morgan fingerprint density at radius 1 is 1.24 bits per heavy atom. The van der Waals surface area contributed by atoms with Gasteiger partial charge in [-0.25, -0.2) is 4.98 Å².